The number of carboxylic acids is 1. The van der Waals surface area contributed by atoms with E-state index in [4.69, 9.17) is 5.11 Å². The Labute approximate surface area is 97.0 Å². The van der Waals surface area contributed by atoms with Gasteiger partial charge in [0.1, 0.15) is 0 Å². The maximum absolute atomic E-state index is 10.8. The number of unbranched alkanes of at least 4 members (excludes halogenated alkanes) is 6. The van der Waals surface area contributed by atoms with Crippen molar-refractivity contribution < 1.29 is 19.4 Å². The van der Waals surface area contributed by atoms with Crippen LogP contribution in [0.2, 0.25) is 0 Å². The van der Waals surface area contributed by atoms with Crippen LogP contribution >= 0.6 is 0 Å². The second-order valence-electron chi connectivity index (χ2n) is 3.94. The number of hydrogen-bond donors (Lipinski definition) is 1. The summed E-state index contributed by atoms with van der Waals surface area (Å²) < 4.78 is 4.54. The second-order valence-corrected chi connectivity index (χ2v) is 3.94. The summed E-state index contributed by atoms with van der Waals surface area (Å²) in [7, 11) is 1.41. The summed E-state index contributed by atoms with van der Waals surface area (Å²) in [6.07, 6.45) is 7.82. The number of carbonyl (C=O) groups is 2. The molecule has 0 amide bonds. The first-order chi connectivity index (χ1) is 7.66. The van der Waals surface area contributed by atoms with Crippen LogP contribution in [0.1, 0.15) is 57.8 Å². The van der Waals surface area contributed by atoms with Crippen molar-refractivity contribution in [3.05, 3.63) is 0 Å². The van der Waals surface area contributed by atoms with Gasteiger partial charge in [-0.1, -0.05) is 32.1 Å². The van der Waals surface area contributed by atoms with Gasteiger partial charge in [0.25, 0.3) is 0 Å². The van der Waals surface area contributed by atoms with Crippen LogP contribution in [0.15, 0.2) is 0 Å². The predicted molar refractivity (Wildman–Crippen MR) is 61.2 cm³/mol. The van der Waals surface area contributed by atoms with Crippen molar-refractivity contribution in [2.24, 2.45) is 0 Å². The molecule has 0 saturated heterocycles. The number of esters is 1. The number of ether oxygens (including phenoxy) is 1. The Hall–Kier alpha value is -1.06. The quantitative estimate of drug-likeness (QED) is 0.463. The van der Waals surface area contributed by atoms with Crippen LogP contribution in [0, 0.1) is 0 Å². The monoisotopic (exact) mass is 230 g/mol. The van der Waals surface area contributed by atoms with E-state index in [2.05, 4.69) is 4.74 Å². The van der Waals surface area contributed by atoms with E-state index in [1.54, 1.807) is 0 Å². The van der Waals surface area contributed by atoms with Crippen molar-refractivity contribution in [2.45, 2.75) is 57.8 Å². The third-order valence-corrected chi connectivity index (χ3v) is 2.50. The summed E-state index contributed by atoms with van der Waals surface area (Å²) in [5.74, 6) is -0.848. The van der Waals surface area contributed by atoms with E-state index in [9.17, 15) is 9.59 Å². The molecule has 0 aromatic carbocycles. The Morgan fingerprint density at radius 2 is 1.31 bits per heavy atom. The van der Waals surface area contributed by atoms with Crippen LogP contribution in [0.25, 0.3) is 0 Å². The molecule has 4 nitrogen and oxygen atoms in total. The SMILES string of the molecule is COC(=O)CCCCCCCCCC(=O)O. The van der Waals surface area contributed by atoms with Gasteiger partial charge in [-0.2, -0.15) is 0 Å². The van der Waals surface area contributed by atoms with E-state index in [1.807, 2.05) is 0 Å². The van der Waals surface area contributed by atoms with E-state index in [-0.39, 0.29) is 12.4 Å². The van der Waals surface area contributed by atoms with Gasteiger partial charge in [-0.15, -0.1) is 0 Å². The van der Waals surface area contributed by atoms with Gasteiger partial charge >= 0.3 is 11.9 Å². The highest BCUT2D eigenvalue weighted by atomic mass is 16.5. The molecule has 16 heavy (non-hydrogen) atoms. The van der Waals surface area contributed by atoms with Crippen molar-refractivity contribution in [1.29, 1.82) is 0 Å². The minimum atomic E-state index is -0.710. The van der Waals surface area contributed by atoms with Crippen LogP contribution in [-0.4, -0.2) is 24.2 Å². The maximum Gasteiger partial charge on any atom is 0.305 e. The summed E-state index contributed by atoms with van der Waals surface area (Å²) in [6, 6.07) is 0. The molecule has 0 aliphatic rings. The van der Waals surface area contributed by atoms with Crippen LogP contribution in [0.4, 0.5) is 0 Å². The minimum absolute atomic E-state index is 0.138. The molecule has 0 unspecified atom stereocenters. The largest absolute Gasteiger partial charge is 0.481 e. The summed E-state index contributed by atoms with van der Waals surface area (Å²) >= 11 is 0. The lowest BCUT2D eigenvalue weighted by atomic mass is 10.1. The van der Waals surface area contributed by atoms with Gasteiger partial charge in [-0.25, -0.2) is 0 Å². The number of hydrogen-bond acceptors (Lipinski definition) is 3. The Morgan fingerprint density at radius 1 is 0.875 bits per heavy atom. The molecule has 4 heteroatoms. The molecular weight excluding hydrogens is 208 g/mol. The Balaban J connectivity index is 3.04. The first-order valence-electron chi connectivity index (χ1n) is 5.95. The number of rotatable bonds is 10. The number of methoxy groups -OCH3 is 1. The second kappa shape index (κ2) is 10.5. The van der Waals surface area contributed by atoms with Crippen molar-refractivity contribution in [2.75, 3.05) is 7.11 Å². The Kier molecular flexibility index (Phi) is 9.76. The molecular formula is C12H22O4. The van der Waals surface area contributed by atoms with E-state index in [0.29, 0.717) is 6.42 Å². The zero-order valence-electron chi connectivity index (χ0n) is 10.0. The fourth-order valence-corrected chi connectivity index (χ4v) is 1.53. The van der Waals surface area contributed by atoms with Crippen molar-refractivity contribution in [3.63, 3.8) is 0 Å². The first kappa shape index (κ1) is 14.9. The van der Waals surface area contributed by atoms with Gasteiger partial charge in [0.05, 0.1) is 7.11 Å². The lowest BCUT2D eigenvalue weighted by Crippen LogP contribution is -1.99. The highest BCUT2D eigenvalue weighted by molar-refractivity contribution is 5.68. The third kappa shape index (κ3) is 11.0. The zero-order valence-corrected chi connectivity index (χ0v) is 10.0. The van der Waals surface area contributed by atoms with E-state index < -0.39 is 5.97 Å². The van der Waals surface area contributed by atoms with Gasteiger partial charge in [-0.05, 0) is 12.8 Å². The van der Waals surface area contributed by atoms with E-state index >= 15 is 0 Å². The molecule has 0 saturated carbocycles. The lowest BCUT2D eigenvalue weighted by Gasteiger charge is -2.01. The number of aliphatic carboxylic acids is 1. The molecule has 0 bridgehead atoms. The molecule has 0 spiro atoms. The van der Waals surface area contributed by atoms with Gasteiger partial charge in [0.2, 0.25) is 0 Å². The van der Waals surface area contributed by atoms with Crippen LogP contribution in [0.3, 0.4) is 0 Å². The average molecular weight is 230 g/mol. The molecule has 0 rings (SSSR count). The van der Waals surface area contributed by atoms with Crippen molar-refractivity contribution in [3.8, 4) is 0 Å². The van der Waals surface area contributed by atoms with E-state index in [0.717, 1.165) is 44.9 Å². The van der Waals surface area contributed by atoms with E-state index in [1.165, 1.54) is 7.11 Å². The molecule has 0 aliphatic carbocycles. The van der Waals surface area contributed by atoms with Crippen LogP contribution in [0.5, 0.6) is 0 Å². The summed E-state index contributed by atoms with van der Waals surface area (Å²) in [4.78, 5) is 21.0. The zero-order chi connectivity index (χ0) is 12.2. The van der Waals surface area contributed by atoms with Gasteiger partial charge in [0.15, 0.2) is 0 Å². The normalized spacial score (nSPS) is 10.1. The Bertz CT molecular complexity index is 201. The lowest BCUT2D eigenvalue weighted by molar-refractivity contribution is -0.140. The molecule has 0 aromatic rings. The molecule has 0 aromatic heterocycles. The van der Waals surface area contributed by atoms with Gasteiger partial charge in [-0.3, -0.25) is 9.59 Å². The average Bonchev–Trinajstić information content (AvgIpc) is 2.26. The van der Waals surface area contributed by atoms with Gasteiger partial charge < -0.3 is 9.84 Å². The minimum Gasteiger partial charge on any atom is -0.481 e. The topological polar surface area (TPSA) is 63.6 Å². The number of carbonyl (C=O) groups excluding carboxylic acids is 1. The highest BCUT2D eigenvalue weighted by Crippen LogP contribution is 2.09. The highest BCUT2D eigenvalue weighted by Gasteiger charge is 1.99. The fourth-order valence-electron chi connectivity index (χ4n) is 1.53. The van der Waals surface area contributed by atoms with Crippen LogP contribution in [-0.2, 0) is 14.3 Å². The summed E-state index contributed by atoms with van der Waals surface area (Å²) in [6.45, 7) is 0. The van der Waals surface area contributed by atoms with Gasteiger partial charge in [0, 0.05) is 12.8 Å². The molecule has 0 aliphatic heterocycles. The fraction of sp³-hybridized carbons (Fsp3) is 0.833. The van der Waals surface area contributed by atoms with Crippen molar-refractivity contribution >= 4 is 11.9 Å². The van der Waals surface area contributed by atoms with Crippen molar-refractivity contribution in [1.82, 2.24) is 0 Å². The van der Waals surface area contributed by atoms with Crippen LogP contribution < -0.4 is 0 Å². The summed E-state index contributed by atoms with van der Waals surface area (Å²) in [5.41, 5.74) is 0. The maximum atomic E-state index is 10.8. The molecule has 94 valence electrons. The summed E-state index contributed by atoms with van der Waals surface area (Å²) in [5, 5.41) is 8.42. The first-order valence-corrected chi connectivity index (χ1v) is 5.95. The molecule has 0 heterocycles. The molecule has 0 fully saturated rings. The molecule has 0 atom stereocenters. The predicted octanol–water partition coefficient (Wildman–Crippen LogP) is 2.75. The standard InChI is InChI=1S/C12H22O4/c1-16-12(15)10-8-6-4-2-3-5-7-9-11(13)14/h2-10H2,1H3,(H,13,14). The third-order valence-electron chi connectivity index (χ3n) is 2.50. The molecule has 1 N–H and O–H groups in total. The molecule has 0 radical (unpaired) electrons. The Morgan fingerprint density at radius 3 is 1.75 bits per heavy atom. The number of carboxylic acid groups (broad SMARTS) is 1. The smallest absolute Gasteiger partial charge is 0.305 e.